The summed E-state index contributed by atoms with van der Waals surface area (Å²) in [6, 6.07) is 12.1. The number of nitrogens with one attached hydrogen (secondary N) is 1. The highest BCUT2D eigenvalue weighted by molar-refractivity contribution is 6.31. The highest BCUT2D eigenvalue weighted by Gasteiger charge is 2.08. The van der Waals surface area contributed by atoms with Crippen LogP contribution in [0.2, 0.25) is 10.0 Å². The van der Waals surface area contributed by atoms with Gasteiger partial charge in [0.1, 0.15) is 6.54 Å². The zero-order chi connectivity index (χ0) is 17.1. The largest absolute Gasteiger partial charge is 0.350 e. The molecule has 0 bridgehead atoms. The molecule has 0 radical (unpaired) electrons. The Labute approximate surface area is 147 Å². The summed E-state index contributed by atoms with van der Waals surface area (Å²) in [6.45, 7) is 0.218. The molecule has 1 heterocycles. The van der Waals surface area contributed by atoms with Crippen molar-refractivity contribution in [1.29, 1.82) is 0 Å². The molecule has 122 valence electrons. The fraction of sp³-hybridized carbons (Fsp3) is 0.118. The van der Waals surface area contributed by atoms with Crippen molar-refractivity contribution >= 4 is 40.0 Å². The van der Waals surface area contributed by atoms with E-state index in [1.807, 2.05) is 12.1 Å². The lowest BCUT2D eigenvalue weighted by atomic mass is 10.2. The van der Waals surface area contributed by atoms with Crippen molar-refractivity contribution in [3.8, 4) is 0 Å². The lowest BCUT2D eigenvalue weighted by Gasteiger charge is -2.08. The van der Waals surface area contributed by atoms with Gasteiger partial charge in [0.25, 0.3) is 5.56 Å². The molecular weight excluding hydrogens is 349 g/mol. The van der Waals surface area contributed by atoms with Crippen molar-refractivity contribution < 1.29 is 4.79 Å². The van der Waals surface area contributed by atoms with Crippen molar-refractivity contribution in [2.45, 2.75) is 13.1 Å². The third kappa shape index (κ3) is 3.75. The summed E-state index contributed by atoms with van der Waals surface area (Å²) in [4.78, 5) is 28.6. The Kier molecular flexibility index (Phi) is 4.83. The molecule has 1 aromatic heterocycles. The van der Waals surface area contributed by atoms with Gasteiger partial charge >= 0.3 is 0 Å². The predicted octanol–water partition coefficient (Wildman–Crippen LogP) is 3.02. The molecule has 0 saturated carbocycles. The normalized spacial score (nSPS) is 10.8. The van der Waals surface area contributed by atoms with Crippen LogP contribution in [0.5, 0.6) is 0 Å². The number of hydrogen-bond acceptors (Lipinski definition) is 3. The molecule has 1 N–H and O–H groups in total. The molecule has 0 aliphatic heterocycles. The van der Waals surface area contributed by atoms with Crippen molar-refractivity contribution in [1.82, 2.24) is 14.9 Å². The number of carbonyl (C=O) groups excluding carboxylic acids is 1. The number of aromatic nitrogens is 2. The molecule has 0 fully saturated rings. The number of nitrogens with zero attached hydrogens (tertiary/aromatic N) is 2. The van der Waals surface area contributed by atoms with Gasteiger partial charge in [0.15, 0.2) is 0 Å². The van der Waals surface area contributed by atoms with Crippen LogP contribution in [-0.2, 0) is 17.9 Å². The first-order valence-electron chi connectivity index (χ1n) is 7.19. The second-order valence-electron chi connectivity index (χ2n) is 5.25. The van der Waals surface area contributed by atoms with Gasteiger partial charge in [-0.15, -0.1) is 0 Å². The Hall–Kier alpha value is -2.37. The first-order chi connectivity index (χ1) is 11.5. The fourth-order valence-corrected chi connectivity index (χ4v) is 2.69. The average Bonchev–Trinajstić information content (AvgIpc) is 2.56. The number of halogens is 2. The molecule has 0 aliphatic rings. The number of fused-ring (bicyclic) bond motifs is 1. The van der Waals surface area contributed by atoms with Crippen LogP contribution in [0.4, 0.5) is 0 Å². The van der Waals surface area contributed by atoms with Gasteiger partial charge in [-0.1, -0.05) is 35.3 Å². The maximum absolute atomic E-state index is 12.4. The third-order valence-electron chi connectivity index (χ3n) is 3.48. The second kappa shape index (κ2) is 7.03. The molecular formula is C17H13Cl2N3O2. The van der Waals surface area contributed by atoms with Gasteiger partial charge in [-0.3, -0.25) is 14.2 Å². The molecule has 0 saturated heterocycles. The van der Waals surface area contributed by atoms with E-state index in [0.717, 1.165) is 5.56 Å². The second-order valence-corrected chi connectivity index (χ2v) is 6.12. The number of hydrogen-bond donors (Lipinski definition) is 1. The minimum Gasteiger partial charge on any atom is -0.350 e. The molecule has 5 nitrogen and oxygen atoms in total. The van der Waals surface area contributed by atoms with E-state index in [4.69, 9.17) is 23.2 Å². The summed E-state index contributed by atoms with van der Waals surface area (Å²) in [6.07, 6.45) is 1.36. The highest BCUT2D eigenvalue weighted by atomic mass is 35.5. The minimum atomic E-state index is -0.305. The van der Waals surface area contributed by atoms with E-state index in [2.05, 4.69) is 10.3 Å². The summed E-state index contributed by atoms with van der Waals surface area (Å²) in [5, 5.41) is 4.19. The van der Waals surface area contributed by atoms with Crippen molar-refractivity contribution in [3.63, 3.8) is 0 Å². The van der Waals surface area contributed by atoms with Crippen LogP contribution in [0, 0.1) is 0 Å². The number of carbonyl (C=O) groups is 1. The maximum atomic E-state index is 12.4. The first kappa shape index (κ1) is 16.5. The van der Waals surface area contributed by atoms with Gasteiger partial charge in [0.2, 0.25) is 5.91 Å². The van der Waals surface area contributed by atoms with Crippen molar-refractivity contribution in [2.24, 2.45) is 0 Å². The number of amides is 1. The Bertz CT molecular complexity index is 969. The monoisotopic (exact) mass is 361 g/mol. The zero-order valence-corrected chi connectivity index (χ0v) is 14.0. The van der Waals surface area contributed by atoms with E-state index in [1.165, 1.54) is 10.9 Å². The Balaban J connectivity index is 1.73. The SMILES string of the molecule is O=C(Cn1cnc2ccc(Cl)cc2c1=O)NCc1cccc(Cl)c1. The van der Waals surface area contributed by atoms with Crippen LogP contribution in [0.25, 0.3) is 10.9 Å². The average molecular weight is 362 g/mol. The Morgan fingerprint density at radius 2 is 1.92 bits per heavy atom. The quantitative estimate of drug-likeness (QED) is 0.776. The lowest BCUT2D eigenvalue weighted by Crippen LogP contribution is -2.32. The number of rotatable bonds is 4. The molecule has 3 rings (SSSR count). The molecule has 7 heteroatoms. The van der Waals surface area contributed by atoms with E-state index < -0.39 is 0 Å². The number of benzene rings is 2. The van der Waals surface area contributed by atoms with E-state index in [1.54, 1.807) is 30.3 Å². The maximum Gasteiger partial charge on any atom is 0.261 e. The Morgan fingerprint density at radius 1 is 1.12 bits per heavy atom. The van der Waals surface area contributed by atoms with E-state index in [-0.39, 0.29) is 18.0 Å². The van der Waals surface area contributed by atoms with Gasteiger partial charge in [-0.25, -0.2) is 4.98 Å². The van der Waals surface area contributed by atoms with Crippen molar-refractivity contribution in [2.75, 3.05) is 0 Å². The molecule has 0 unspecified atom stereocenters. The summed E-state index contributed by atoms with van der Waals surface area (Å²) < 4.78 is 1.26. The van der Waals surface area contributed by atoms with Gasteiger partial charge in [0, 0.05) is 16.6 Å². The van der Waals surface area contributed by atoms with Crippen LogP contribution in [-0.4, -0.2) is 15.5 Å². The highest BCUT2D eigenvalue weighted by Crippen LogP contribution is 2.14. The lowest BCUT2D eigenvalue weighted by molar-refractivity contribution is -0.121. The van der Waals surface area contributed by atoms with Gasteiger partial charge < -0.3 is 5.32 Å². The molecule has 3 aromatic rings. The molecule has 24 heavy (non-hydrogen) atoms. The Morgan fingerprint density at radius 3 is 2.71 bits per heavy atom. The van der Waals surface area contributed by atoms with Crippen LogP contribution >= 0.6 is 23.2 Å². The molecule has 0 atom stereocenters. The van der Waals surface area contributed by atoms with Crippen LogP contribution < -0.4 is 10.9 Å². The summed E-state index contributed by atoms with van der Waals surface area (Å²) in [5.41, 5.74) is 1.12. The molecule has 0 spiro atoms. The van der Waals surface area contributed by atoms with E-state index in [9.17, 15) is 9.59 Å². The first-order valence-corrected chi connectivity index (χ1v) is 7.94. The summed E-state index contributed by atoms with van der Waals surface area (Å²) in [5.74, 6) is -0.291. The molecule has 1 amide bonds. The van der Waals surface area contributed by atoms with E-state index in [0.29, 0.717) is 27.5 Å². The summed E-state index contributed by atoms with van der Waals surface area (Å²) in [7, 11) is 0. The third-order valence-corrected chi connectivity index (χ3v) is 3.95. The smallest absolute Gasteiger partial charge is 0.261 e. The standard InChI is InChI=1S/C17H13Cl2N3O2/c18-12-3-1-2-11(6-12)8-20-16(23)9-22-10-21-15-5-4-13(19)7-14(15)17(22)24/h1-7,10H,8-9H2,(H,20,23). The fourth-order valence-electron chi connectivity index (χ4n) is 2.30. The van der Waals surface area contributed by atoms with Gasteiger partial charge in [-0.05, 0) is 35.9 Å². The van der Waals surface area contributed by atoms with Crippen molar-refractivity contribution in [3.05, 3.63) is 74.8 Å². The van der Waals surface area contributed by atoms with Crippen LogP contribution in [0.1, 0.15) is 5.56 Å². The molecule has 0 aliphatic carbocycles. The molecule has 2 aromatic carbocycles. The van der Waals surface area contributed by atoms with Gasteiger partial charge in [0.05, 0.1) is 17.2 Å². The zero-order valence-electron chi connectivity index (χ0n) is 12.5. The minimum absolute atomic E-state index is 0.116. The van der Waals surface area contributed by atoms with Gasteiger partial charge in [-0.2, -0.15) is 0 Å². The van der Waals surface area contributed by atoms with E-state index >= 15 is 0 Å². The predicted molar refractivity (Wildman–Crippen MR) is 94.3 cm³/mol. The van der Waals surface area contributed by atoms with Crippen LogP contribution in [0.15, 0.2) is 53.6 Å². The van der Waals surface area contributed by atoms with Crippen LogP contribution in [0.3, 0.4) is 0 Å². The summed E-state index contributed by atoms with van der Waals surface area (Å²) >= 11 is 11.8. The topological polar surface area (TPSA) is 64.0 Å².